The average molecular weight is 1470 g/mol. The van der Waals surface area contributed by atoms with Gasteiger partial charge in [0.05, 0.1) is 26.4 Å². The summed E-state index contributed by atoms with van der Waals surface area (Å²) in [5.74, 6) is 0.972. The minimum atomic E-state index is -4.96. The van der Waals surface area contributed by atoms with Gasteiger partial charge in [-0.3, -0.25) is 37.3 Å². The molecule has 0 aromatic carbocycles. The summed E-state index contributed by atoms with van der Waals surface area (Å²) >= 11 is 0. The summed E-state index contributed by atoms with van der Waals surface area (Å²) in [5, 5.41) is 10.6. The van der Waals surface area contributed by atoms with Gasteiger partial charge in [-0.15, -0.1) is 0 Å². The van der Waals surface area contributed by atoms with E-state index >= 15 is 0 Å². The maximum Gasteiger partial charge on any atom is 0.472 e. The van der Waals surface area contributed by atoms with Gasteiger partial charge >= 0.3 is 39.5 Å². The fraction of sp³-hybridized carbons (Fsp3) is 0.951. The van der Waals surface area contributed by atoms with E-state index in [1.54, 1.807) is 0 Å². The first kappa shape index (κ1) is 98.1. The molecule has 0 radical (unpaired) electrons. The number of rotatable bonds is 78. The molecule has 0 aliphatic heterocycles. The first-order valence-corrected chi connectivity index (χ1v) is 44.7. The molecule has 19 heteroatoms. The van der Waals surface area contributed by atoms with E-state index in [1.165, 1.54) is 218 Å². The Kier molecular flexibility index (Phi) is 68.7. The van der Waals surface area contributed by atoms with Gasteiger partial charge in [-0.2, -0.15) is 0 Å². The average Bonchev–Trinajstić information content (AvgIpc) is 0.937. The zero-order valence-electron chi connectivity index (χ0n) is 65.8. The number of aliphatic hydroxyl groups excluding tert-OH is 1. The molecular formula is C81H158O17P2. The lowest BCUT2D eigenvalue weighted by Crippen LogP contribution is -2.30. The number of carbonyl (C=O) groups excluding carboxylic acids is 4. The highest BCUT2D eigenvalue weighted by molar-refractivity contribution is 7.47. The second-order valence-electron chi connectivity index (χ2n) is 31.1. The van der Waals surface area contributed by atoms with Gasteiger partial charge in [-0.05, 0) is 49.4 Å². The van der Waals surface area contributed by atoms with Crippen LogP contribution in [0.1, 0.15) is 415 Å². The molecule has 0 aromatic heterocycles. The predicted molar refractivity (Wildman–Crippen MR) is 409 cm³/mol. The van der Waals surface area contributed by atoms with Gasteiger partial charge in [0.15, 0.2) is 12.2 Å². The lowest BCUT2D eigenvalue weighted by atomic mass is 10.0. The Hall–Kier alpha value is -1.94. The summed E-state index contributed by atoms with van der Waals surface area (Å²) in [5.41, 5.74) is 0. The number of ether oxygens (including phenoxy) is 4. The molecule has 0 saturated carbocycles. The number of carbonyl (C=O) groups is 4. The molecule has 3 unspecified atom stereocenters. The van der Waals surface area contributed by atoms with Crippen LogP contribution in [0.5, 0.6) is 0 Å². The fourth-order valence-corrected chi connectivity index (χ4v) is 14.0. The normalized spacial score (nSPS) is 14.0. The van der Waals surface area contributed by atoms with Crippen molar-refractivity contribution in [2.75, 3.05) is 39.6 Å². The minimum absolute atomic E-state index is 0.105. The quantitative estimate of drug-likeness (QED) is 0.0222. The highest BCUT2D eigenvalue weighted by Gasteiger charge is 2.30. The Labute approximate surface area is 613 Å². The topological polar surface area (TPSA) is 237 Å². The van der Waals surface area contributed by atoms with Crippen LogP contribution >= 0.6 is 15.6 Å². The Morgan fingerprint density at radius 3 is 0.620 bits per heavy atom. The van der Waals surface area contributed by atoms with Gasteiger partial charge in [0, 0.05) is 25.7 Å². The second kappa shape index (κ2) is 70.1. The van der Waals surface area contributed by atoms with E-state index in [0.717, 1.165) is 114 Å². The van der Waals surface area contributed by atoms with Crippen molar-refractivity contribution in [3.8, 4) is 0 Å². The van der Waals surface area contributed by atoms with Crippen LogP contribution in [0.3, 0.4) is 0 Å². The first-order valence-electron chi connectivity index (χ1n) is 41.7. The van der Waals surface area contributed by atoms with Crippen LogP contribution in [0.15, 0.2) is 0 Å². The molecule has 0 heterocycles. The number of unbranched alkanes of at least 4 members (excludes halogenated alkanes) is 44. The summed E-state index contributed by atoms with van der Waals surface area (Å²) in [6.07, 6.45) is 56.9. The first-order chi connectivity index (χ1) is 48.1. The number of aliphatic hydroxyl groups is 1. The third-order valence-electron chi connectivity index (χ3n) is 18.8. The van der Waals surface area contributed by atoms with Gasteiger partial charge in [0.25, 0.3) is 0 Å². The van der Waals surface area contributed by atoms with Gasteiger partial charge in [0.1, 0.15) is 19.3 Å². The summed E-state index contributed by atoms with van der Waals surface area (Å²) in [6, 6.07) is 0. The SMILES string of the molecule is CC(C)CCCCCCCCCCCCCCCCCCC(=O)OC[C@H](COP(=O)(O)OCC(O)COP(=O)(O)OC[C@@H](COC(=O)CCCCCCCCCCC(C)C)OC(=O)CCCCCCCCCCCCC(C)C)OC(=O)CCCCCCCCCCCCCCCCC(C)C. The van der Waals surface area contributed by atoms with Crippen molar-refractivity contribution in [3.63, 3.8) is 0 Å². The Morgan fingerprint density at radius 1 is 0.250 bits per heavy atom. The van der Waals surface area contributed by atoms with Crippen molar-refractivity contribution < 1.29 is 80.2 Å². The van der Waals surface area contributed by atoms with Crippen LogP contribution in [0.2, 0.25) is 0 Å². The van der Waals surface area contributed by atoms with Crippen LogP contribution in [-0.2, 0) is 65.4 Å². The van der Waals surface area contributed by atoms with E-state index in [2.05, 4.69) is 55.4 Å². The zero-order chi connectivity index (χ0) is 73.8. The van der Waals surface area contributed by atoms with Gasteiger partial charge < -0.3 is 33.8 Å². The third-order valence-corrected chi connectivity index (χ3v) is 20.7. The molecule has 100 heavy (non-hydrogen) atoms. The molecule has 0 aliphatic rings. The van der Waals surface area contributed by atoms with Gasteiger partial charge in [-0.25, -0.2) is 9.13 Å². The van der Waals surface area contributed by atoms with E-state index in [0.29, 0.717) is 25.7 Å². The fourth-order valence-electron chi connectivity index (χ4n) is 12.4. The number of esters is 4. The molecular weight excluding hydrogens is 1310 g/mol. The second-order valence-corrected chi connectivity index (χ2v) is 34.0. The molecule has 0 aromatic rings. The van der Waals surface area contributed by atoms with Gasteiger partial charge in [-0.1, -0.05) is 364 Å². The maximum atomic E-state index is 13.1. The van der Waals surface area contributed by atoms with Crippen LogP contribution in [0.4, 0.5) is 0 Å². The summed E-state index contributed by atoms with van der Waals surface area (Å²) in [7, 11) is -9.92. The summed E-state index contributed by atoms with van der Waals surface area (Å²) < 4.78 is 68.7. The molecule has 3 N–H and O–H groups in total. The molecule has 5 atom stereocenters. The molecule has 0 spiro atoms. The lowest BCUT2D eigenvalue weighted by Gasteiger charge is -2.21. The molecule has 0 aliphatic carbocycles. The predicted octanol–water partition coefficient (Wildman–Crippen LogP) is 24.0. The molecule has 0 rings (SSSR count). The molecule has 594 valence electrons. The summed E-state index contributed by atoms with van der Waals surface area (Å²) in [4.78, 5) is 73.0. The minimum Gasteiger partial charge on any atom is -0.462 e. The molecule has 17 nitrogen and oxygen atoms in total. The number of hydrogen-bond donors (Lipinski definition) is 3. The third kappa shape index (κ3) is 74.3. The van der Waals surface area contributed by atoms with E-state index < -0.39 is 97.5 Å². The Balaban J connectivity index is 5.25. The van der Waals surface area contributed by atoms with E-state index in [-0.39, 0.29) is 25.7 Å². The Bertz CT molecular complexity index is 1950. The lowest BCUT2D eigenvalue weighted by molar-refractivity contribution is -0.161. The van der Waals surface area contributed by atoms with Crippen molar-refractivity contribution in [1.29, 1.82) is 0 Å². The molecule has 0 bridgehead atoms. The van der Waals surface area contributed by atoms with Crippen molar-refractivity contribution in [3.05, 3.63) is 0 Å². The van der Waals surface area contributed by atoms with Crippen LogP contribution < -0.4 is 0 Å². The smallest absolute Gasteiger partial charge is 0.462 e. The maximum absolute atomic E-state index is 13.1. The standard InChI is InChI=1S/C81H158O17P2/c1-71(2)57-49-41-33-25-19-15-11-9-10-12-17-21-28-37-45-53-61-78(83)91-67-76(97-80(85)63-55-47-39-29-22-18-14-13-16-20-26-34-42-50-58-72(3)4)69-95-99(87,88)93-65-75(82)66-94-100(89,90)96-70-77(68-92-79(84)62-54-46-38-32-31-36-44-52-60-74(7)8)98-81(86)64-56-48-40-30-24-23-27-35-43-51-59-73(5)6/h71-77,82H,9-70H2,1-8H3,(H,87,88)(H,89,90)/t75?,76-,77-/m1/s1. The molecule has 0 amide bonds. The van der Waals surface area contributed by atoms with Crippen LogP contribution in [0, 0.1) is 23.7 Å². The zero-order valence-corrected chi connectivity index (χ0v) is 67.6. The number of hydrogen-bond acceptors (Lipinski definition) is 15. The number of phosphoric ester groups is 2. The van der Waals surface area contributed by atoms with Crippen molar-refractivity contribution in [1.82, 2.24) is 0 Å². The highest BCUT2D eigenvalue weighted by atomic mass is 31.2. The molecule has 0 fully saturated rings. The van der Waals surface area contributed by atoms with Crippen molar-refractivity contribution >= 4 is 39.5 Å². The van der Waals surface area contributed by atoms with E-state index in [4.69, 9.17) is 37.0 Å². The largest absolute Gasteiger partial charge is 0.472 e. The van der Waals surface area contributed by atoms with Crippen LogP contribution in [0.25, 0.3) is 0 Å². The monoisotopic (exact) mass is 1470 g/mol. The number of phosphoric acid groups is 2. The van der Waals surface area contributed by atoms with Crippen LogP contribution in [-0.4, -0.2) is 96.7 Å². The Morgan fingerprint density at radius 2 is 0.420 bits per heavy atom. The van der Waals surface area contributed by atoms with Crippen molar-refractivity contribution in [2.45, 2.75) is 433 Å². The van der Waals surface area contributed by atoms with E-state index in [1.807, 2.05) is 0 Å². The van der Waals surface area contributed by atoms with Gasteiger partial charge in [0.2, 0.25) is 0 Å². The van der Waals surface area contributed by atoms with Crippen molar-refractivity contribution in [2.24, 2.45) is 23.7 Å². The summed E-state index contributed by atoms with van der Waals surface area (Å²) in [6.45, 7) is 14.3. The van der Waals surface area contributed by atoms with E-state index in [9.17, 15) is 43.2 Å². The highest BCUT2D eigenvalue weighted by Crippen LogP contribution is 2.45. The molecule has 0 saturated heterocycles.